The predicted molar refractivity (Wildman–Crippen MR) is 72.7 cm³/mol. The summed E-state index contributed by atoms with van der Waals surface area (Å²) in [6, 6.07) is 8.84. The van der Waals surface area contributed by atoms with Gasteiger partial charge in [0, 0.05) is 6.54 Å². The Morgan fingerprint density at radius 1 is 1.26 bits per heavy atom. The van der Waals surface area contributed by atoms with Gasteiger partial charge in [-0.25, -0.2) is 4.79 Å². The zero-order valence-electron chi connectivity index (χ0n) is 11.8. The molecule has 128 valence electrons. The molecule has 0 bridgehead atoms. The zero-order chi connectivity index (χ0) is 17.1. The molecule has 0 aromatic heterocycles. The first-order valence-electron chi connectivity index (χ1n) is 6.64. The van der Waals surface area contributed by atoms with Crippen LogP contribution in [0.15, 0.2) is 30.3 Å². The minimum absolute atomic E-state index is 0.0164. The molecular formula is C13H14F3NO5S. The van der Waals surface area contributed by atoms with Gasteiger partial charge in [0.2, 0.25) is 0 Å². The summed E-state index contributed by atoms with van der Waals surface area (Å²) in [4.78, 5) is 12.9. The van der Waals surface area contributed by atoms with Crippen molar-refractivity contribution in [1.82, 2.24) is 4.90 Å². The van der Waals surface area contributed by atoms with Gasteiger partial charge >= 0.3 is 21.7 Å². The standard InChI is InChI=1S/C13H14F3NO5S/c14-13(15,16)23(19,20)22-11-6-7-17(8-11)12(18)21-9-10-4-2-1-3-5-10/h1-5,11H,6-9H2. The molecule has 1 atom stereocenters. The largest absolute Gasteiger partial charge is 0.523 e. The molecule has 1 aliphatic rings. The molecule has 0 spiro atoms. The van der Waals surface area contributed by atoms with E-state index in [4.69, 9.17) is 4.74 Å². The molecule has 23 heavy (non-hydrogen) atoms. The minimum atomic E-state index is -5.66. The number of alkyl halides is 3. The number of benzene rings is 1. The molecule has 1 heterocycles. The van der Waals surface area contributed by atoms with Crippen molar-refractivity contribution in [3.63, 3.8) is 0 Å². The molecule has 1 aromatic rings. The number of likely N-dealkylation sites (tertiary alicyclic amines) is 1. The molecular weight excluding hydrogens is 339 g/mol. The van der Waals surface area contributed by atoms with Crippen LogP contribution < -0.4 is 0 Å². The van der Waals surface area contributed by atoms with Crippen LogP contribution in [-0.2, 0) is 25.6 Å². The maximum absolute atomic E-state index is 12.2. The van der Waals surface area contributed by atoms with E-state index >= 15 is 0 Å². The summed E-state index contributed by atoms with van der Waals surface area (Å²) in [7, 11) is -5.66. The fourth-order valence-corrected chi connectivity index (χ4v) is 2.64. The summed E-state index contributed by atoms with van der Waals surface area (Å²) < 4.78 is 67.6. The average Bonchev–Trinajstić information content (AvgIpc) is 2.92. The van der Waals surface area contributed by atoms with Crippen molar-refractivity contribution in [2.24, 2.45) is 0 Å². The van der Waals surface area contributed by atoms with Crippen molar-refractivity contribution >= 4 is 16.2 Å². The van der Waals surface area contributed by atoms with Gasteiger partial charge in [0.15, 0.2) is 0 Å². The molecule has 0 N–H and O–H groups in total. The van der Waals surface area contributed by atoms with Gasteiger partial charge in [-0.3, -0.25) is 4.18 Å². The number of carbonyl (C=O) groups is 1. The molecule has 1 aromatic carbocycles. The van der Waals surface area contributed by atoms with Gasteiger partial charge in [-0.15, -0.1) is 0 Å². The Hall–Kier alpha value is -1.81. The number of hydrogen-bond donors (Lipinski definition) is 0. The summed E-state index contributed by atoms with van der Waals surface area (Å²) in [6.07, 6.45) is -1.98. The maximum atomic E-state index is 12.2. The highest BCUT2D eigenvalue weighted by Gasteiger charge is 2.49. The number of amides is 1. The number of halogens is 3. The van der Waals surface area contributed by atoms with Crippen molar-refractivity contribution in [1.29, 1.82) is 0 Å². The first kappa shape index (κ1) is 17.5. The van der Waals surface area contributed by atoms with Crippen LogP contribution >= 0.6 is 0 Å². The van der Waals surface area contributed by atoms with E-state index in [1.165, 1.54) is 0 Å². The Kier molecular flexibility index (Phi) is 5.15. The van der Waals surface area contributed by atoms with Gasteiger partial charge in [-0.05, 0) is 12.0 Å². The second-order valence-electron chi connectivity index (χ2n) is 4.89. The lowest BCUT2D eigenvalue weighted by Gasteiger charge is -2.17. The van der Waals surface area contributed by atoms with Gasteiger partial charge in [0.05, 0.1) is 12.6 Å². The molecule has 1 aliphatic heterocycles. The van der Waals surface area contributed by atoms with Crippen LogP contribution in [0.5, 0.6) is 0 Å². The molecule has 2 rings (SSSR count). The summed E-state index contributed by atoms with van der Waals surface area (Å²) in [5, 5.41) is 0. The van der Waals surface area contributed by atoms with Crippen LogP contribution in [-0.4, -0.2) is 44.1 Å². The van der Waals surface area contributed by atoms with Crippen molar-refractivity contribution in [3.8, 4) is 0 Å². The highest BCUT2D eigenvalue weighted by molar-refractivity contribution is 7.87. The van der Waals surface area contributed by atoms with E-state index in [9.17, 15) is 26.4 Å². The van der Waals surface area contributed by atoms with Gasteiger partial charge in [-0.1, -0.05) is 30.3 Å². The monoisotopic (exact) mass is 353 g/mol. The zero-order valence-corrected chi connectivity index (χ0v) is 12.6. The van der Waals surface area contributed by atoms with Crippen LogP contribution in [0, 0.1) is 0 Å². The van der Waals surface area contributed by atoms with Crippen LogP contribution in [0.25, 0.3) is 0 Å². The van der Waals surface area contributed by atoms with Crippen LogP contribution in [0.2, 0.25) is 0 Å². The lowest BCUT2D eigenvalue weighted by molar-refractivity contribution is -0.0569. The number of rotatable bonds is 4. The van der Waals surface area contributed by atoms with Gasteiger partial charge in [0.1, 0.15) is 6.61 Å². The molecule has 1 fully saturated rings. The molecule has 6 nitrogen and oxygen atoms in total. The Morgan fingerprint density at radius 2 is 1.91 bits per heavy atom. The van der Waals surface area contributed by atoms with Crippen molar-refractivity contribution in [2.45, 2.75) is 24.6 Å². The summed E-state index contributed by atoms with van der Waals surface area (Å²) >= 11 is 0. The van der Waals surface area contributed by atoms with E-state index < -0.39 is 27.8 Å². The van der Waals surface area contributed by atoms with Crippen molar-refractivity contribution < 1.29 is 35.3 Å². The number of nitrogens with zero attached hydrogens (tertiary/aromatic N) is 1. The maximum Gasteiger partial charge on any atom is 0.523 e. The Balaban J connectivity index is 1.84. The van der Waals surface area contributed by atoms with Gasteiger partial charge in [0.25, 0.3) is 0 Å². The first-order valence-corrected chi connectivity index (χ1v) is 8.05. The van der Waals surface area contributed by atoms with E-state index in [1.54, 1.807) is 30.3 Å². The topological polar surface area (TPSA) is 72.9 Å². The van der Waals surface area contributed by atoms with E-state index in [-0.39, 0.29) is 26.1 Å². The van der Waals surface area contributed by atoms with Gasteiger partial charge < -0.3 is 9.64 Å². The smallest absolute Gasteiger partial charge is 0.445 e. The van der Waals surface area contributed by atoms with E-state index in [0.717, 1.165) is 10.5 Å². The fourth-order valence-electron chi connectivity index (χ4n) is 2.02. The third-order valence-corrected chi connectivity index (χ3v) is 4.25. The molecule has 1 unspecified atom stereocenters. The Morgan fingerprint density at radius 3 is 2.52 bits per heavy atom. The minimum Gasteiger partial charge on any atom is -0.445 e. The molecule has 0 aliphatic carbocycles. The fraction of sp³-hybridized carbons (Fsp3) is 0.462. The second kappa shape index (κ2) is 6.75. The third kappa shape index (κ3) is 4.58. The Bertz CT molecular complexity index is 647. The summed E-state index contributed by atoms with van der Waals surface area (Å²) in [5.74, 6) is 0. The van der Waals surface area contributed by atoms with Gasteiger partial charge in [-0.2, -0.15) is 21.6 Å². The Labute approximate surface area is 130 Å². The number of hydrogen-bond acceptors (Lipinski definition) is 5. The molecule has 0 saturated carbocycles. The quantitative estimate of drug-likeness (QED) is 0.613. The van der Waals surface area contributed by atoms with Crippen molar-refractivity contribution in [3.05, 3.63) is 35.9 Å². The molecule has 10 heteroatoms. The highest BCUT2D eigenvalue weighted by Crippen LogP contribution is 2.28. The molecule has 1 saturated heterocycles. The van der Waals surface area contributed by atoms with Crippen LogP contribution in [0.3, 0.4) is 0 Å². The number of carbonyl (C=O) groups excluding carboxylic acids is 1. The normalized spacial score (nSPS) is 18.9. The van der Waals surface area contributed by atoms with Crippen LogP contribution in [0.4, 0.5) is 18.0 Å². The molecule has 0 radical (unpaired) electrons. The lowest BCUT2D eigenvalue weighted by Crippen LogP contribution is -2.34. The SMILES string of the molecule is O=C(OCc1ccccc1)N1CCC(OS(=O)(=O)C(F)(F)F)C1. The first-order chi connectivity index (χ1) is 10.7. The second-order valence-corrected chi connectivity index (χ2v) is 6.46. The van der Waals surface area contributed by atoms with E-state index in [2.05, 4.69) is 4.18 Å². The lowest BCUT2D eigenvalue weighted by atomic mass is 10.2. The summed E-state index contributed by atoms with van der Waals surface area (Å²) in [6.45, 7) is -0.197. The van der Waals surface area contributed by atoms with E-state index in [1.807, 2.05) is 0 Å². The summed E-state index contributed by atoms with van der Waals surface area (Å²) in [5.41, 5.74) is -4.72. The van der Waals surface area contributed by atoms with Crippen molar-refractivity contribution in [2.75, 3.05) is 13.1 Å². The number of ether oxygens (including phenoxy) is 1. The highest BCUT2D eigenvalue weighted by atomic mass is 32.2. The predicted octanol–water partition coefficient (Wildman–Crippen LogP) is 2.26. The molecule has 1 amide bonds. The van der Waals surface area contributed by atoms with Crippen LogP contribution in [0.1, 0.15) is 12.0 Å². The average molecular weight is 353 g/mol. The van der Waals surface area contributed by atoms with E-state index in [0.29, 0.717) is 0 Å². The third-order valence-electron chi connectivity index (χ3n) is 3.15.